The highest BCUT2D eigenvalue weighted by Gasteiger charge is 2.07. The fourth-order valence-corrected chi connectivity index (χ4v) is 2.97. The van der Waals surface area contributed by atoms with Crippen LogP contribution >= 0.6 is 0 Å². The molecule has 6 heteroatoms. The number of carbonyl (C=O) groups is 2. The van der Waals surface area contributed by atoms with Gasteiger partial charge >= 0.3 is 5.97 Å². The molecule has 0 saturated heterocycles. The number of hydrogen-bond acceptors (Lipinski definition) is 3. The molecule has 2 aromatic carbocycles. The van der Waals surface area contributed by atoms with Crippen LogP contribution in [-0.4, -0.2) is 28.1 Å². The third-order valence-corrected chi connectivity index (χ3v) is 4.46. The zero-order chi connectivity index (χ0) is 19.8. The third-order valence-electron chi connectivity index (χ3n) is 4.46. The third kappa shape index (κ3) is 5.61. The minimum absolute atomic E-state index is 0.0638. The zero-order valence-electron chi connectivity index (χ0n) is 15.6. The lowest BCUT2D eigenvalue weighted by Crippen LogP contribution is -2.25. The van der Waals surface area contributed by atoms with Crippen molar-refractivity contribution in [1.29, 1.82) is 0 Å². The van der Waals surface area contributed by atoms with Gasteiger partial charge in [0.05, 0.1) is 5.52 Å². The van der Waals surface area contributed by atoms with Crippen molar-refractivity contribution in [3.63, 3.8) is 0 Å². The number of fused-ring (bicyclic) bond motifs is 1. The minimum atomic E-state index is -0.849. The molecule has 0 bridgehead atoms. The van der Waals surface area contributed by atoms with Crippen LogP contribution in [-0.2, 0) is 22.7 Å². The first-order valence-electron chi connectivity index (χ1n) is 9.36. The Hall–Kier alpha value is -3.28. The van der Waals surface area contributed by atoms with Crippen LogP contribution < -0.4 is 10.1 Å². The molecule has 1 aromatic heterocycles. The van der Waals surface area contributed by atoms with Crippen LogP contribution in [0.3, 0.4) is 0 Å². The summed E-state index contributed by atoms with van der Waals surface area (Å²) in [7, 11) is 0. The summed E-state index contributed by atoms with van der Waals surface area (Å²) >= 11 is 0. The molecule has 1 amide bonds. The van der Waals surface area contributed by atoms with Crippen LogP contribution in [0.2, 0.25) is 0 Å². The number of nitrogens with zero attached hydrogens (tertiary/aromatic N) is 1. The number of carboxylic acid groups (broad SMARTS) is 1. The molecular weight excluding hydrogens is 356 g/mol. The van der Waals surface area contributed by atoms with E-state index in [4.69, 9.17) is 9.84 Å². The number of rotatable bonds is 10. The molecule has 0 radical (unpaired) electrons. The summed E-state index contributed by atoms with van der Waals surface area (Å²) in [6.45, 7) is 1.44. The van der Waals surface area contributed by atoms with Crippen molar-refractivity contribution in [2.45, 2.75) is 32.4 Å². The Morgan fingerprint density at radius 1 is 1.04 bits per heavy atom. The Balaban J connectivity index is 1.54. The van der Waals surface area contributed by atoms with Crippen molar-refractivity contribution in [1.82, 2.24) is 9.88 Å². The van der Waals surface area contributed by atoms with Gasteiger partial charge in [0.15, 0.2) is 0 Å². The Morgan fingerprint density at radius 2 is 1.86 bits per heavy atom. The summed E-state index contributed by atoms with van der Waals surface area (Å²) in [4.78, 5) is 22.4. The Morgan fingerprint density at radius 3 is 2.64 bits per heavy atom. The van der Waals surface area contributed by atoms with Crippen molar-refractivity contribution in [3.8, 4) is 5.75 Å². The lowest BCUT2D eigenvalue weighted by atomic mass is 10.2. The highest BCUT2D eigenvalue weighted by Crippen LogP contribution is 2.23. The molecule has 146 valence electrons. The van der Waals surface area contributed by atoms with E-state index >= 15 is 0 Å². The van der Waals surface area contributed by atoms with Crippen LogP contribution in [0.1, 0.15) is 24.8 Å². The fraction of sp³-hybridized carbons (Fsp3) is 0.273. The molecule has 1 heterocycles. The van der Waals surface area contributed by atoms with Gasteiger partial charge in [0, 0.05) is 38.2 Å². The summed E-state index contributed by atoms with van der Waals surface area (Å²) in [5.74, 6) is -0.142. The zero-order valence-corrected chi connectivity index (χ0v) is 15.6. The number of hydrogen-bond donors (Lipinski definition) is 2. The molecule has 28 heavy (non-hydrogen) atoms. The predicted octanol–water partition coefficient (Wildman–Crippen LogP) is 3.59. The van der Waals surface area contributed by atoms with Gasteiger partial charge in [-0.25, -0.2) is 0 Å². The maximum Gasteiger partial charge on any atom is 0.303 e. The number of carboxylic acids is 1. The average Bonchev–Trinajstić information content (AvgIpc) is 3.11. The normalized spacial score (nSPS) is 10.7. The van der Waals surface area contributed by atoms with Crippen LogP contribution in [0.4, 0.5) is 0 Å². The Labute approximate surface area is 163 Å². The molecule has 0 fully saturated rings. The van der Waals surface area contributed by atoms with Gasteiger partial charge in [-0.1, -0.05) is 30.3 Å². The van der Waals surface area contributed by atoms with Crippen LogP contribution in [0.5, 0.6) is 5.75 Å². The number of benzene rings is 2. The van der Waals surface area contributed by atoms with Gasteiger partial charge in [0.25, 0.3) is 0 Å². The van der Waals surface area contributed by atoms with Gasteiger partial charge < -0.3 is 19.7 Å². The summed E-state index contributed by atoms with van der Waals surface area (Å²) in [5.41, 5.74) is 2.13. The standard InChI is InChI=1S/C22H24N2O4/c25-21(23-12-4-7-22(26)27)11-14-24-13-10-18-8-9-19(15-20(18)24)28-16-17-5-2-1-3-6-17/h1-3,5-6,8-10,13,15H,4,7,11-12,14,16H2,(H,23,25)(H,26,27). The van der Waals surface area contributed by atoms with Gasteiger partial charge in [-0.3, -0.25) is 9.59 Å². The SMILES string of the molecule is O=C(O)CCCNC(=O)CCn1ccc2ccc(OCc3ccccc3)cc21. The monoisotopic (exact) mass is 380 g/mol. The first-order chi connectivity index (χ1) is 13.6. The molecule has 0 spiro atoms. The number of carbonyl (C=O) groups excluding carboxylic acids is 1. The van der Waals surface area contributed by atoms with E-state index in [1.165, 1.54) is 0 Å². The van der Waals surface area contributed by atoms with Crippen LogP contribution in [0.25, 0.3) is 10.9 Å². The van der Waals surface area contributed by atoms with Gasteiger partial charge in [-0.15, -0.1) is 0 Å². The Kier molecular flexibility index (Phi) is 6.68. The second-order valence-corrected chi connectivity index (χ2v) is 6.60. The van der Waals surface area contributed by atoms with E-state index in [2.05, 4.69) is 5.32 Å². The summed E-state index contributed by atoms with van der Waals surface area (Å²) in [6.07, 6.45) is 2.80. The number of amides is 1. The van der Waals surface area contributed by atoms with Crippen molar-refractivity contribution in [2.75, 3.05) is 6.54 Å². The molecule has 2 N–H and O–H groups in total. The summed E-state index contributed by atoms with van der Waals surface area (Å²) in [6, 6.07) is 18.0. The quantitative estimate of drug-likeness (QED) is 0.527. The van der Waals surface area contributed by atoms with Gasteiger partial charge in [-0.05, 0) is 35.6 Å². The van der Waals surface area contributed by atoms with E-state index < -0.39 is 5.97 Å². The largest absolute Gasteiger partial charge is 0.489 e. The van der Waals surface area contributed by atoms with Crippen molar-refractivity contribution in [2.24, 2.45) is 0 Å². The number of aromatic nitrogens is 1. The topological polar surface area (TPSA) is 80.6 Å². The summed E-state index contributed by atoms with van der Waals surface area (Å²) in [5, 5.41) is 12.5. The number of ether oxygens (including phenoxy) is 1. The van der Waals surface area contributed by atoms with E-state index in [1.807, 2.05) is 65.4 Å². The molecule has 3 aromatic rings. The van der Waals surface area contributed by atoms with E-state index in [9.17, 15) is 9.59 Å². The van der Waals surface area contributed by atoms with E-state index in [0.29, 0.717) is 32.5 Å². The lowest BCUT2D eigenvalue weighted by Gasteiger charge is -2.09. The number of aliphatic carboxylic acids is 1. The van der Waals surface area contributed by atoms with Crippen molar-refractivity contribution < 1.29 is 19.4 Å². The lowest BCUT2D eigenvalue weighted by molar-refractivity contribution is -0.137. The predicted molar refractivity (Wildman–Crippen MR) is 107 cm³/mol. The first kappa shape index (κ1) is 19.5. The number of nitrogens with one attached hydrogen (secondary N) is 1. The maximum atomic E-state index is 11.9. The van der Waals surface area contributed by atoms with Gasteiger partial charge in [0.1, 0.15) is 12.4 Å². The second kappa shape index (κ2) is 9.60. The average molecular weight is 380 g/mol. The van der Waals surface area contributed by atoms with E-state index in [-0.39, 0.29) is 12.3 Å². The van der Waals surface area contributed by atoms with Crippen molar-refractivity contribution in [3.05, 3.63) is 66.4 Å². The van der Waals surface area contributed by atoms with E-state index in [0.717, 1.165) is 22.2 Å². The number of aryl methyl sites for hydroxylation is 1. The highest BCUT2D eigenvalue weighted by molar-refractivity contribution is 5.82. The molecule has 6 nitrogen and oxygen atoms in total. The molecule has 0 atom stereocenters. The Bertz CT molecular complexity index is 934. The van der Waals surface area contributed by atoms with Gasteiger partial charge in [0.2, 0.25) is 5.91 Å². The van der Waals surface area contributed by atoms with E-state index in [1.54, 1.807) is 0 Å². The molecule has 0 aliphatic rings. The molecule has 0 unspecified atom stereocenters. The highest BCUT2D eigenvalue weighted by atomic mass is 16.5. The smallest absolute Gasteiger partial charge is 0.303 e. The molecule has 0 aliphatic heterocycles. The van der Waals surface area contributed by atoms with Crippen LogP contribution in [0, 0.1) is 0 Å². The van der Waals surface area contributed by atoms with Crippen LogP contribution in [0.15, 0.2) is 60.8 Å². The summed E-state index contributed by atoms with van der Waals surface area (Å²) < 4.78 is 7.92. The molecular formula is C22H24N2O4. The maximum absolute atomic E-state index is 11.9. The fourth-order valence-electron chi connectivity index (χ4n) is 2.97. The first-order valence-corrected chi connectivity index (χ1v) is 9.36. The molecule has 0 aliphatic carbocycles. The second-order valence-electron chi connectivity index (χ2n) is 6.60. The minimum Gasteiger partial charge on any atom is -0.489 e. The van der Waals surface area contributed by atoms with Crippen molar-refractivity contribution >= 4 is 22.8 Å². The molecule has 0 saturated carbocycles. The van der Waals surface area contributed by atoms with Gasteiger partial charge in [-0.2, -0.15) is 0 Å². The molecule has 3 rings (SSSR count).